The van der Waals surface area contributed by atoms with Gasteiger partial charge in [-0.2, -0.15) is 0 Å². The normalized spacial score (nSPS) is 14.2. The molecule has 1 atom stereocenters. The highest BCUT2D eigenvalue weighted by Gasteiger charge is 2.32. The van der Waals surface area contributed by atoms with Gasteiger partial charge in [0.2, 0.25) is 0 Å². The molecule has 4 aromatic carbocycles. The molecule has 0 aliphatic carbocycles. The van der Waals surface area contributed by atoms with Crippen LogP contribution in [0.4, 0.5) is 11.4 Å². The molecule has 0 saturated heterocycles. The van der Waals surface area contributed by atoms with Crippen molar-refractivity contribution in [2.45, 2.75) is 26.5 Å². The number of non-ortho nitro benzene ring substituents is 1. The molecule has 2 heterocycles. The zero-order valence-electron chi connectivity index (χ0n) is 25.9. The van der Waals surface area contributed by atoms with E-state index in [1.807, 2.05) is 49.4 Å². The number of nitrogens with zero attached hydrogens (tertiary/aromatic N) is 3. The third-order valence-corrected chi connectivity index (χ3v) is 8.82. The second kappa shape index (κ2) is 14.1. The summed E-state index contributed by atoms with van der Waals surface area (Å²) < 4.78 is 13.6. The van der Waals surface area contributed by atoms with Crippen LogP contribution in [0.5, 0.6) is 11.5 Å². The maximum atomic E-state index is 14.2. The van der Waals surface area contributed by atoms with Crippen LogP contribution in [0.1, 0.15) is 36.6 Å². The van der Waals surface area contributed by atoms with Crippen molar-refractivity contribution >= 4 is 46.3 Å². The predicted molar refractivity (Wildman–Crippen MR) is 185 cm³/mol. The molecule has 242 valence electrons. The molecule has 0 radical (unpaired) electrons. The van der Waals surface area contributed by atoms with E-state index in [4.69, 9.17) is 26.1 Å². The average molecular weight is 681 g/mol. The summed E-state index contributed by atoms with van der Waals surface area (Å²) in [7, 11) is 0. The van der Waals surface area contributed by atoms with Gasteiger partial charge in [0.25, 0.3) is 17.2 Å². The number of hydrogen-bond donors (Lipinski definition) is 1. The fourth-order valence-corrected chi connectivity index (χ4v) is 6.56. The van der Waals surface area contributed by atoms with E-state index in [1.165, 1.54) is 23.5 Å². The summed E-state index contributed by atoms with van der Waals surface area (Å²) >= 11 is 7.56. The highest BCUT2D eigenvalue weighted by Crippen LogP contribution is 2.32. The van der Waals surface area contributed by atoms with E-state index in [1.54, 1.807) is 60.0 Å². The molecule has 10 nitrogen and oxygen atoms in total. The Morgan fingerprint density at radius 1 is 1.04 bits per heavy atom. The number of fused-ring (bicyclic) bond motifs is 1. The lowest BCUT2D eigenvalue weighted by atomic mass is 9.95. The monoisotopic (exact) mass is 680 g/mol. The molecular formula is C36H29ClN4O6S. The molecule has 0 unspecified atom stereocenters. The van der Waals surface area contributed by atoms with Crippen molar-refractivity contribution in [2.75, 3.05) is 11.9 Å². The van der Waals surface area contributed by atoms with Crippen molar-refractivity contribution in [3.05, 3.63) is 160 Å². The predicted octanol–water partition coefficient (Wildman–Crippen LogP) is 6.41. The third kappa shape index (κ3) is 6.92. The Kier molecular flexibility index (Phi) is 9.51. The van der Waals surface area contributed by atoms with Crippen molar-refractivity contribution in [2.24, 2.45) is 4.99 Å². The van der Waals surface area contributed by atoms with Gasteiger partial charge in [-0.15, -0.1) is 0 Å². The van der Waals surface area contributed by atoms with Gasteiger partial charge < -0.3 is 14.8 Å². The molecule has 1 aliphatic rings. The molecule has 48 heavy (non-hydrogen) atoms. The highest BCUT2D eigenvalue weighted by atomic mass is 35.5. The smallest absolute Gasteiger partial charge is 0.271 e. The first-order valence-corrected chi connectivity index (χ1v) is 16.2. The fourth-order valence-electron chi connectivity index (χ4n) is 5.34. The molecular weight excluding hydrogens is 652 g/mol. The number of thiazole rings is 1. The summed E-state index contributed by atoms with van der Waals surface area (Å²) in [4.78, 5) is 43.8. The number of anilines is 1. The van der Waals surface area contributed by atoms with Crippen LogP contribution in [0.15, 0.2) is 118 Å². The Labute approximate surface area is 284 Å². The zero-order valence-corrected chi connectivity index (χ0v) is 27.5. The summed E-state index contributed by atoms with van der Waals surface area (Å²) in [5.74, 6) is 0.769. The number of carbonyl (C=O) groups excluding carboxylic acids is 1. The lowest BCUT2D eigenvalue weighted by molar-refractivity contribution is -0.384. The summed E-state index contributed by atoms with van der Waals surface area (Å²) in [5.41, 5.74) is 3.11. The number of nitrogens with one attached hydrogen (secondary N) is 1. The Morgan fingerprint density at radius 2 is 1.77 bits per heavy atom. The van der Waals surface area contributed by atoms with Crippen molar-refractivity contribution in [1.82, 2.24) is 4.57 Å². The van der Waals surface area contributed by atoms with Gasteiger partial charge >= 0.3 is 0 Å². The van der Waals surface area contributed by atoms with E-state index in [-0.39, 0.29) is 23.8 Å². The summed E-state index contributed by atoms with van der Waals surface area (Å²) in [6, 6.07) is 26.8. The van der Waals surface area contributed by atoms with Crippen LogP contribution in [0.25, 0.3) is 6.08 Å². The van der Waals surface area contributed by atoms with Crippen LogP contribution >= 0.6 is 22.9 Å². The van der Waals surface area contributed by atoms with Gasteiger partial charge in [-0.1, -0.05) is 53.3 Å². The van der Waals surface area contributed by atoms with E-state index in [2.05, 4.69) is 5.32 Å². The average Bonchev–Trinajstić information content (AvgIpc) is 3.38. The van der Waals surface area contributed by atoms with Gasteiger partial charge in [-0.25, -0.2) is 4.99 Å². The molecule has 1 N–H and O–H groups in total. The van der Waals surface area contributed by atoms with Crippen molar-refractivity contribution in [3.63, 3.8) is 0 Å². The molecule has 0 bridgehead atoms. The van der Waals surface area contributed by atoms with E-state index >= 15 is 0 Å². The van der Waals surface area contributed by atoms with E-state index in [0.717, 1.165) is 5.56 Å². The van der Waals surface area contributed by atoms with Crippen LogP contribution in [0.3, 0.4) is 0 Å². The van der Waals surface area contributed by atoms with Gasteiger partial charge in [0.1, 0.15) is 18.1 Å². The third-order valence-electron chi connectivity index (χ3n) is 7.60. The molecule has 6 rings (SSSR count). The first-order valence-electron chi connectivity index (χ1n) is 15.0. The fraction of sp³-hybridized carbons (Fsp3) is 0.139. The van der Waals surface area contributed by atoms with Crippen molar-refractivity contribution < 1.29 is 19.2 Å². The van der Waals surface area contributed by atoms with Gasteiger partial charge in [0.15, 0.2) is 4.80 Å². The Balaban J connectivity index is 1.41. The number of aromatic nitrogens is 1. The summed E-state index contributed by atoms with van der Waals surface area (Å²) in [6.07, 6.45) is 1.69. The first-order chi connectivity index (χ1) is 23.2. The van der Waals surface area contributed by atoms with Crippen LogP contribution < -0.4 is 29.7 Å². The zero-order chi connectivity index (χ0) is 33.8. The Morgan fingerprint density at radius 3 is 2.46 bits per heavy atom. The standard InChI is InChI=1S/C36H29ClN4O6S/c1-3-46-29-16-11-24(12-17-29)33-32(34(42)39-27-7-5-4-6-8-27)22(2)38-36-40(33)35(43)31(48-36)20-25-19-26(37)13-18-30(25)47-21-23-9-14-28(15-10-23)41(44)45/h4-20,33H,3,21H2,1-2H3,(H,39,42)/b31-20-/t33-/m0/s1. The maximum absolute atomic E-state index is 14.2. The number of para-hydroxylation sites is 1. The highest BCUT2D eigenvalue weighted by molar-refractivity contribution is 7.07. The number of carbonyl (C=O) groups is 1. The minimum atomic E-state index is -0.764. The number of benzene rings is 4. The Hall–Kier alpha value is -5.52. The van der Waals surface area contributed by atoms with Crippen molar-refractivity contribution in [1.29, 1.82) is 0 Å². The molecule has 12 heteroatoms. The van der Waals surface area contributed by atoms with Gasteiger partial charge in [-0.05, 0) is 85.6 Å². The van der Waals surface area contributed by atoms with Crippen LogP contribution in [-0.2, 0) is 11.4 Å². The molecule has 0 fully saturated rings. The van der Waals surface area contributed by atoms with Gasteiger partial charge in [-0.3, -0.25) is 24.3 Å². The van der Waals surface area contributed by atoms with E-state index < -0.39 is 11.0 Å². The van der Waals surface area contributed by atoms with Gasteiger partial charge in [0.05, 0.1) is 33.4 Å². The van der Waals surface area contributed by atoms with Crippen molar-refractivity contribution in [3.8, 4) is 11.5 Å². The number of ether oxygens (including phenoxy) is 2. The topological polar surface area (TPSA) is 125 Å². The number of hydrogen-bond acceptors (Lipinski definition) is 8. The lowest BCUT2D eigenvalue weighted by Crippen LogP contribution is -2.40. The van der Waals surface area contributed by atoms with E-state index in [9.17, 15) is 19.7 Å². The second-order valence-corrected chi connectivity index (χ2v) is 12.2. The molecule has 1 amide bonds. The maximum Gasteiger partial charge on any atom is 0.271 e. The number of nitro benzene ring substituents is 1. The lowest BCUT2D eigenvalue weighted by Gasteiger charge is -2.25. The minimum absolute atomic E-state index is 0.0132. The SMILES string of the molecule is CCOc1ccc([C@H]2C(C(=O)Nc3ccccc3)=C(C)N=c3s/c(=C\c4cc(Cl)ccc4OCc4ccc([N+](=O)[O-])cc4)c(=O)n32)cc1. The number of rotatable bonds is 10. The largest absolute Gasteiger partial charge is 0.494 e. The number of halogens is 1. The number of amides is 1. The minimum Gasteiger partial charge on any atom is -0.494 e. The molecule has 1 aromatic heterocycles. The summed E-state index contributed by atoms with van der Waals surface area (Å²) in [5, 5.41) is 14.4. The van der Waals surface area contributed by atoms with Crippen LogP contribution in [0.2, 0.25) is 5.02 Å². The second-order valence-electron chi connectivity index (χ2n) is 10.8. The Bertz CT molecular complexity index is 2210. The number of nitro groups is 1. The van der Waals surface area contributed by atoms with Crippen LogP contribution in [-0.4, -0.2) is 22.0 Å². The van der Waals surface area contributed by atoms with Gasteiger partial charge in [0, 0.05) is 28.4 Å². The molecule has 1 aliphatic heterocycles. The van der Waals surface area contributed by atoms with E-state index in [0.29, 0.717) is 60.5 Å². The number of allylic oxidation sites excluding steroid dienone is 1. The first kappa shape index (κ1) is 32.4. The molecule has 0 saturated carbocycles. The molecule has 0 spiro atoms. The quantitative estimate of drug-likeness (QED) is 0.134. The molecule has 5 aromatic rings. The van der Waals surface area contributed by atoms with Crippen LogP contribution in [0, 0.1) is 10.1 Å². The summed E-state index contributed by atoms with van der Waals surface area (Å²) in [6.45, 7) is 4.30.